The molecule has 0 aliphatic heterocycles. The van der Waals surface area contributed by atoms with Crippen molar-refractivity contribution in [2.24, 2.45) is 0 Å². The van der Waals surface area contributed by atoms with E-state index in [0.717, 1.165) is 27.2 Å². The van der Waals surface area contributed by atoms with Gasteiger partial charge in [0.2, 0.25) is 5.82 Å². The van der Waals surface area contributed by atoms with Crippen LogP contribution >= 0.6 is 15.9 Å². The SMILES string of the molecule is COc1ccc(-n2ncc(-c3nnn(Cc4ccccc4)n3)c2Br)cc1. The van der Waals surface area contributed by atoms with Gasteiger partial charge in [-0.15, -0.1) is 10.2 Å². The van der Waals surface area contributed by atoms with E-state index < -0.39 is 0 Å². The highest BCUT2D eigenvalue weighted by Crippen LogP contribution is 2.28. The minimum Gasteiger partial charge on any atom is -0.497 e. The van der Waals surface area contributed by atoms with Crippen molar-refractivity contribution < 1.29 is 4.74 Å². The van der Waals surface area contributed by atoms with Crippen LogP contribution in [0.15, 0.2) is 65.4 Å². The maximum atomic E-state index is 5.19. The van der Waals surface area contributed by atoms with Crippen LogP contribution < -0.4 is 4.74 Å². The van der Waals surface area contributed by atoms with Crippen molar-refractivity contribution in [1.29, 1.82) is 0 Å². The molecule has 0 saturated heterocycles. The Labute approximate surface area is 158 Å². The Morgan fingerprint density at radius 1 is 1.04 bits per heavy atom. The molecule has 7 nitrogen and oxygen atoms in total. The summed E-state index contributed by atoms with van der Waals surface area (Å²) in [6.45, 7) is 0.568. The molecule has 0 fully saturated rings. The van der Waals surface area contributed by atoms with E-state index in [2.05, 4.69) is 36.4 Å². The number of hydrogen-bond acceptors (Lipinski definition) is 5. The fourth-order valence-corrected chi connectivity index (χ4v) is 3.13. The lowest BCUT2D eigenvalue weighted by Gasteiger charge is -2.05. The first kappa shape index (κ1) is 16.5. The fraction of sp³-hybridized carbons (Fsp3) is 0.111. The van der Waals surface area contributed by atoms with E-state index in [1.54, 1.807) is 22.8 Å². The molecule has 0 aliphatic carbocycles. The summed E-state index contributed by atoms with van der Waals surface area (Å²) in [6.07, 6.45) is 1.72. The van der Waals surface area contributed by atoms with E-state index in [9.17, 15) is 0 Å². The summed E-state index contributed by atoms with van der Waals surface area (Å²) in [5.41, 5.74) is 2.80. The number of hydrogen-bond donors (Lipinski definition) is 0. The molecule has 0 amide bonds. The lowest BCUT2D eigenvalue weighted by molar-refractivity contribution is 0.414. The van der Waals surface area contributed by atoms with Crippen molar-refractivity contribution >= 4 is 15.9 Å². The molecule has 0 spiro atoms. The topological polar surface area (TPSA) is 70.7 Å². The zero-order valence-electron chi connectivity index (χ0n) is 14.0. The normalized spacial score (nSPS) is 10.8. The standard InChI is InChI=1S/C18H15BrN6O/c1-26-15-9-7-14(8-10-15)25-17(19)16(11-20-25)18-21-23-24(22-18)12-13-5-3-2-4-6-13/h2-11H,12H2,1H3. The lowest BCUT2D eigenvalue weighted by Crippen LogP contribution is -2.03. The van der Waals surface area contributed by atoms with Crippen LogP contribution in [-0.4, -0.2) is 37.1 Å². The number of halogens is 1. The smallest absolute Gasteiger partial charge is 0.209 e. The second-order valence-corrected chi connectivity index (χ2v) is 6.34. The molecule has 0 N–H and O–H groups in total. The molecule has 0 aliphatic rings. The molecule has 4 rings (SSSR count). The molecule has 0 atom stereocenters. The molecule has 0 saturated carbocycles. The Morgan fingerprint density at radius 2 is 1.81 bits per heavy atom. The average molecular weight is 411 g/mol. The average Bonchev–Trinajstić information content (AvgIpc) is 3.29. The van der Waals surface area contributed by atoms with Crippen molar-refractivity contribution in [2.45, 2.75) is 6.54 Å². The zero-order chi connectivity index (χ0) is 17.9. The number of tetrazole rings is 1. The van der Waals surface area contributed by atoms with Gasteiger partial charge in [-0.05, 0) is 51.0 Å². The van der Waals surface area contributed by atoms with Crippen molar-refractivity contribution in [3.8, 4) is 22.8 Å². The second-order valence-electron chi connectivity index (χ2n) is 5.59. The third-order valence-corrected chi connectivity index (χ3v) is 4.65. The van der Waals surface area contributed by atoms with Gasteiger partial charge in [0.25, 0.3) is 0 Å². The van der Waals surface area contributed by atoms with Crippen LogP contribution in [0, 0.1) is 0 Å². The number of benzene rings is 2. The number of rotatable bonds is 5. The molecule has 2 aromatic heterocycles. The number of nitrogens with zero attached hydrogens (tertiary/aromatic N) is 6. The third kappa shape index (κ3) is 3.23. The predicted molar refractivity (Wildman–Crippen MR) is 100 cm³/mol. The highest BCUT2D eigenvalue weighted by molar-refractivity contribution is 9.10. The zero-order valence-corrected chi connectivity index (χ0v) is 15.5. The van der Waals surface area contributed by atoms with E-state index >= 15 is 0 Å². The summed E-state index contributed by atoms with van der Waals surface area (Å²) >= 11 is 3.59. The second kappa shape index (κ2) is 7.09. The van der Waals surface area contributed by atoms with Crippen molar-refractivity contribution in [1.82, 2.24) is 30.0 Å². The van der Waals surface area contributed by atoms with Gasteiger partial charge in [0.05, 0.1) is 31.1 Å². The minimum atomic E-state index is 0.521. The van der Waals surface area contributed by atoms with Crippen LogP contribution in [0.3, 0.4) is 0 Å². The molecule has 2 heterocycles. The molecular weight excluding hydrogens is 396 g/mol. The molecule has 130 valence electrons. The lowest BCUT2D eigenvalue weighted by atomic mass is 10.2. The Balaban J connectivity index is 1.60. The summed E-state index contributed by atoms with van der Waals surface area (Å²) in [4.78, 5) is 1.57. The van der Waals surface area contributed by atoms with Gasteiger partial charge in [-0.1, -0.05) is 30.3 Å². The summed E-state index contributed by atoms with van der Waals surface area (Å²) in [6, 6.07) is 17.6. The molecular formula is C18H15BrN6O. The van der Waals surface area contributed by atoms with Gasteiger partial charge in [0, 0.05) is 0 Å². The Bertz CT molecular complexity index is 1010. The van der Waals surface area contributed by atoms with Gasteiger partial charge in [-0.2, -0.15) is 9.90 Å². The first-order valence-electron chi connectivity index (χ1n) is 7.94. The minimum absolute atomic E-state index is 0.521. The maximum absolute atomic E-state index is 5.19. The summed E-state index contributed by atoms with van der Waals surface area (Å²) in [5, 5.41) is 17.2. The summed E-state index contributed by atoms with van der Waals surface area (Å²) < 4.78 is 7.73. The predicted octanol–water partition coefficient (Wildman–Crippen LogP) is 3.35. The van der Waals surface area contributed by atoms with Gasteiger partial charge in [0.1, 0.15) is 10.4 Å². The van der Waals surface area contributed by atoms with Crippen LogP contribution in [0.2, 0.25) is 0 Å². The van der Waals surface area contributed by atoms with Gasteiger partial charge in [0.15, 0.2) is 0 Å². The number of ether oxygens (including phenoxy) is 1. The van der Waals surface area contributed by atoms with Crippen molar-refractivity contribution in [3.63, 3.8) is 0 Å². The van der Waals surface area contributed by atoms with Crippen LogP contribution in [0.4, 0.5) is 0 Å². The Hall–Kier alpha value is -3.00. The highest BCUT2D eigenvalue weighted by atomic mass is 79.9. The fourth-order valence-electron chi connectivity index (χ4n) is 2.55. The van der Waals surface area contributed by atoms with Crippen molar-refractivity contribution in [3.05, 3.63) is 71.0 Å². The molecule has 8 heteroatoms. The Kier molecular flexibility index (Phi) is 4.49. The monoisotopic (exact) mass is 410 g/mol. The van der Waals surface area contributed by atoms with Crippen LogP contribution in [0.5, 0.6) is 5.75 Å². The molecule has 4 aromatic rings. The van der Waals surface area contributed by atoms with Crippen molar-refractivity contribution in [2.75, 3.05) is 7.11 Å². The summed E-state index contributed by atoms with van der Waals surface area (Å²) in [5.74, 6) is 1.32. The van der Waals surface area contributed by atoms with Crippen LogP contribution in [0.1, 0.15) is 5.56 Å². The quantitative estimate of drug-likeness (QED) is 0.504. The van der Waals surface area contributed by atoms with E-state index in [4.69, 9.17) is 4.74 Å². The first-order chi connectivity index (χ1) is 12.7. The van der Waals surface area contributed by atoms with Gasteiger partial charge in [-0.3, -0.25) is 0 Å². The highest BCUT2D eigenvalue weighted by Gasteiger charge is 2.16. The Morgan fingerprint density at radius 3 is 2.54 bits per heavy atom. The largest absolute Gasteiger partial charge is 0.497 e. The first-order valence-corrected chi connectivity index (χ1v) is 8.74. The van der Waals surface area contributed by atoms with Gasteiger partial charge >= 0.3 is 0 Å². The van der Waals surface area contributed by atoms with Gasteiger partial charge in [-0.25, -0.2) is 4.68 Å². The molecule has 2 aromatic carbocycles. The summed E-state index contributed by atoms with van der Waals surface area (Å²) in [7, 11) is 1.64. The molecule has 0 radical (unpaired) electrons. The third-order valence-electron chi connectivity index (χ3n) is 3.89. The number of methoxy groups -OCH3 is 1. The van der Waals surface area contributed by atoms with E-state index in [-0.39, 0.29) is 0 Å². The molecule has 26 heavy (non-hydrogen) atoms. The maximum Gasteiger partial charge on any atom is 0.209 e. The van der Waals surface area contributed by atoms with Gasteiger partial charge < -0.3 is 4.74 Å². The van der Waals surface area contributed by atoms with E-state index in [1.165, 1.54) is 0 Å². The molecule has 0 unspecified atom stereocenters. The van der Waals surface area contributed by atoms with E-state index in [1.807, 2.05) is 54.6 Å². The molecule has 0 bridgehead atoms. The van der Waals surface area contributed by atoms with Crippen LogP contribution in [-0.2, 0) is 6.54 Å². The van der Waals surface area contributed by atoms with E-state index in [0.29, 0.717) is 12.4 Å². The van der Waals surface area contributed by atoms with Crippen LogP contribution in [0.25, 0.3) is 17.1 Å². The number of aromatic nitrogens is 6.